The number of aliphatic hydroxyl groups excluding tert-OH is 1. The van der Waals surface area contributed by atoms with Gasteiger partial charge in [0.2, 0.25) is 0 Å². The van der Waals surface area contributed by atoms with Crippen LogP contribution in [-0.2, 0) is 4.79 Å². The predicted octanol–water partition coefficient (Wildman–Crippen LogP) is 1.02. The lowest BCUT2D eigenvalue weighted by Crippen LogP contribution is -2.31. The molecule has 8 heteroatoms. The number of alkyl halides is 3. The van der Waals surface area contributed by atoms with Crippen LogP contribution in [0.1, 0.15) is 0 Å². The average Bonchev–Trinajstić information content (AvgIpc) is 2.36. The van der Waals surface area contributed by atoms with Gasteiger partial charge in [-0.25, -0.2) is 4.79 Å². The molecule has 0 radical (unpaired) electrons. The molecule has 1 aromatic rings. The molecule has 0 saturated heterocycles. The number of carbonyl (C=O) groups is 1. The number of aliphatic carboxylic acids is 1. The number of rotatable bonds is 4. The molecule has 0 aromatic heterocycles. The van der Waals surface area contributed by atoms with E-state index >= 15 is 0 Å². The van der Waals surface area contributed by atoms with Crippen LogP contribution >= 0.6 is 0 Å². The van der Waals surface area contributed by atoms with E-state index in [1.54, 1.807) is 0 Å². The second-order valence-electron chi connectivity index (χ2n) is 3.37. The first-order valence-electron chi connectivity index (χ1n) is 5.11. The zero-order valence-corrected chi connectivity index (χ0v) is 9.80. The predicted molar refractivity (Wildman–Crippen MR) is 60.7 cm³/mol. The number of halogens is 3. The van der Waals surface area contributed by atoms with E-state index in [0.29, 0.717) is 6.61 Å². The maximum Gasteiger partial charge on any atom is 0.490 e. The van der Waals surface area contributed by atoms with Gasteiger partial charge in [-0.05, 0) is 12.1 Å². The Morgan fingerprint density at radius 3 is 2.16 bits per heavy atom. The highest BCUT2D eigenvalue weighted by atomic mass is 19.4. The minimum Gasteiger partial charge on any atom is -0.492 e. The molecule has 1 atom stereocenters. The van der Waals surface area contributed by atoms with Gasteiger partial charge in [0.15, 0.2) is 0 Å². The maximum absolute atomic E-state index is 10.6. The van der Waals surface area contributed by atoms with Crippen LogP contribution in [0.25, 0.3) is 0 Å². The molecule has 19 heavy (non-hydrogen) atoms. The lowest BCUT2D eigenvalue weighted by molar-refractivity contribution is -0.192. The van der Waals surface area contributed by atoms with Gasteiger partial charge in [-0.15, -0.1) is 0 Å². The summed E-state index contributed by atoms with van der Waals surface area (Å²) in [7, 11) is 0. The summed E-state index contributed by atoms with van der Waals surface area (Å²) in [5.74, 6) is -1.98. The lowest BCUT2D eigenvalue weighted by atomic mass is 10.3. The number of para-hydroxylation sites is 1. The van der Waals surface area contributed by atoms with Gasteiger partial charge in [0, 0.05) is 0 Å². The Bertz CT molecular complexity index is 370. The van der Waals surface area contributed by atoms with Gasteiger partial charge in [0.1, 0.15) is 12.4 Å². The van der Waals surface area contributed by atoms with Crippen molar-refractivity contribution in [3.05, 3.63) is 30.3 Å². The van der Waals surface area contributed by atoms with E-state index in [2.05, 4.69) is 0 Å². The van der Waals surface area contributed by atoms with Gasteiger partial charge in [0.25, 0.3) is 0 Å². The SMILES string of the molecule is N[C@@H](CO)COc1ccccc1.O=C(O)C(F)(F)F. The highest BCUT2D eigenvalue weighted by molar-refractivity contribution is 5.73. The van der Waals surface area contributed by atoms with Gasteiger partial charge in [-0.1, -0.05) is 18.2 Å². The van der Waals surface area contributed by atoms with Crippen molar-refractivity contribution in [2.45, 2.75) is 12.2 Å². The number of carboxylic acids is 1. The number of carboxylic acid groups (broad SMARTS) is 1. The van der Waals surface area contributed by atoms with E-state index in [1.807, 2.05) is 30.3 Å². The van der Waals surface area contributed by atoms with Crippen LogP contribution in [0.4, 0.5) is 13.2 Å². The standard InChI is InChI=1S/C9H13NO2.C2HF3O2/c10-8(6-11)7-12-9-4-2-1-3-5-9;3-2(4,5)1(6)7/h1-5,8,11H,6-7,10H2;(H,6,7)/t8-;/m0./s1. The zero-order chi connectivity index (χ0) is 14.9. The molecule has 0 aliphatic heterocycles. The van der Waals surface area contributed by atoms with Crippen molar-refractivity contribution in [2.75, 3.05) is 13.2 Å². The average molecular weight is 281 g/mol. The Hall–Kier alpha value is -1.80. The van der Waals surface area contributed by atoms with Gasteiger partial charge in [-0.3, -0.25) is 0 Å². The third-order valence-corrected chi connectivity index (χ3v) is 1.68. The van der Waals surface area contributed by atoms with Crippen molar-refractivity contribution < 1.29 is 32.9 Å². The molecule has 0 spiro atoms. The third kappa shape index (κ3) is 8.86. The summed E-state index contributed by atoms with van der Waals surface area (Å²) < 4.78 is 37.0. The van der Waals surface area contributed by atoms with Crippen LogP contribution in [-0.4, -0.2) is 41.6 Å². The summed E-state index contributed by atoms with van der Waals surface area (Å²) in [5, 5.41) is 15.7. The molecule has 5 nitrogen and oxygen atoms in total. The molecule has 1 aromatic carbocycles. The highest BCUT2D eigenvalue weighted by Crippen LogP contribution is 2.13. The number of nitrogens with two attached hydrogens (primary N) is 1. The topological polar surface area (TPSA) is 92.8 Å². The van der Waals surface area contributed by atoms with Crippen molar-refractivity contribution in [1.82, 2.24) is 0 Å². The number of hydrogen-bond donors (Lipinski definition) is 3. The Balaban J connectivity index is 0.000000399. The van der Waals surface area contributed by atoms with Crippen molar-refractivity contribution in [2.24, 2.45) is 5.73 Å². The van der Waals surface area contributed by atoms with Gasteiger partial charge in [0.05, 0.1) is 12.6 Å². The van der Waals surface area contributed by atoms with Crippen LogP contribution in [0.5, 0.6) is 5.75 Å². The minimum atomic E-state index is -5.08. The summed E-state index contributed by atoms with van der Waals surface area (Å²) in [4.78, 5) is 8.90. The van der Waals surface area contributed by atoms with Gasteiger partial charge in [-0.2, -0.15) is 13.2 Å². The minimum absolute atomic E-state index is 0.0488. The van der Waals surface area contributed by atoms with Crippen LogP contribution in [0, 0.1) is 0 Å². The van der Waals surface area contributed by atoms with Crippen LogP contribution in [0.15, 0.2) is 30.3 Å². The molecule has 0 unspecified atom stereocenters. The lowest BCUT2D eigenvalue weighted by Gasteiger charge is -2.09. The summed E-state index contributed by atoms with van der Waals surface area (Å²) in [6.07, 6.45) is -5.08. The number of benzene rings is 1. The molecule has 108 valence electrons. The molecule has 0 aliphatic carbocycles. The molecule has 0 bridgehead atoms. The monoisotopic (exact) mass is 281 g/mol. The van der Waals surface area contributed by atoms with E-state index in [4.69, 9.17) is 25.5 Å². The van der Waals surface area contributed by atoms with E-state index in [0.717, 1.165) is 5.75 Å². The molecule has 0 fully saturated rings. The van der Waals surface area contributed by atoms with Crippen molar-refractivity contribution in [1.29, 1.82) is 0 Å². The van der Waals surface area contributed by atoms with E-state index in [9.17, 15) is 13.2 Å². The number of hydrogen-bond acceptors (Lipinski definition) is 4. The molecule has 0 aliphatic rings. The zero-order valence-electron chi connectivity index (χ0n) is 9.80. The molecular weight excluding hydrogens is 267 g/mol. The van der Waals surface area contributed by atoms with Crippen molar-refractivity contribution >= 4 is 5.97 Å². The van der Waals surface area contributed by atoms with Crippen molar-refractivity contribution in [3.63, 3.8) is 0 Å². The van der Waals surface area contributed by atoms with Crippen LogP contribution < -0.4 is 10.5 Å². The molecule has 0 amide bonds. The number of ether oxygens (including phenoxy) is 1. The number of aliphatic hydroxyl groups is 1. The van der Waals surface area contributed by atoms with Gasteiger partial charge < -0.3 is 20.7 Å². The molecule has 0 heterocycles. The van der Waals surface area contributed by atoms with Crippen LogP contribution in [0.2, 0.25) is 0 Å². The second-order valence-corrected chi connectivity index (χ2v) is 3.37. The fourth-order valence-corrected chi connectivity index (χ4v) is 0.773. The summed E-state index contributed by atoms with van der Waals surface area (Å²) in [5.41, 5.74) is 5.45. The Kier molecular flexibility index (Phi) is 7.54. The van der Waals surface area contributed by atoms with E-state index < -0.39 is 12.1 Å². The summed E-state index contributed by atoms with van der Waals surface area (Å²) in [6, 6.07) is 9.09. The normalized spacial score (nSPS) is 12.1. The van der Waals surface area contributed by atoms with E-state index in [1.165, 1.54) is 0 Å². The highest BCUT2D eigenvalue weighted by Gasteiger charge is 2.38. The molecule has 1 rings (SSSR count). The summed E-state index contributed by atoms with van der Waals surface area (Å²) >= 11 is 0. The Morgan fingerprint density at radius 1 is 1.32 bits per heavy atom. The molecular formula is C11H14F3NO4. The first-order chi connectivity index (χ1) is 8.77. The van der Waals surface area contributed by atoms with Crippen LogP contribution in [0.3, 0.4) is 0 Å². The Morgan fingerprint density at radius 2 is 1.79 bits per heavy atom. The van der Waals surface area contributed by atoms with Crippen molar-refractivity contribution in [3.8, 4) is 5.75 Å². The Labute approximate surface area is 107 Å². The summed E-state index contributed by atoms with van der Waals surface area (Å²) in [6.45, 7) is 0.299. The largest absolute Gasteiger partial charge is 0.492 e. The first kappa shape index (κ1) is 17.2. The fourth-order valence-electron chi connectivity index (χ4n) is 0.773. The first-order valence-corrected chi connectivity index (χ1v) is 5.11. The fraction of sp³-hybridized carbons (Fsp3) is 0.364. The maximum atomic E-state index is 10.6. The third-order valence-electron chi connectivity index (χ3n) is 1.68. The van der Waals surface area contributed by atoms with Gasteiger partial charge >= 0.3 is 12.1 Å². The quantitative estimate of drug-likeness (QED) is 0.766. The van der Waals surface area contributed by atoms with E-state index in [-0.39, 0.29) is 12.6 Å². The molecule has 0 saturated carbocycles. The second kappa shape index (κ2) is 8.33. The molecule has 4 N–H and O–H groups in total. The smallest absolute Gasteiger partial charge is 0.490 e.